The number of carbonyl (C=O) groups is 1. The second kappa shape index (κ2) is 6.14. The molecule has 0 aliphatic carbocycles. The molecule has 0 spiro atoms. The van der Waals surface area contributed by atoms with E-state index in [0.717, 1.165) is 0 Å². The van der Waals surface area contributed by atoms with Crippen molar-refractivity contribution in [3.63, 3.8) is 0 Å². The molecule has 0 fully saturated rings. The van der Waals surface area contributed by atoms with Crippen molar-refractivity contribution >= 4 is 5.97 Å². The summed E-state index contributed by atoms with van der Waals surface area (Å²) in [4.78, 5) is 9.60. The second-order valence-electron chi connectivity index (χ2n) is 1.09. The van der Waals surface area contributed by atoms with Crippen LogP contribution in [0.1, 0.15) is 14.4 Å². The molecular weight excluding hydrogens is 111 g/mol. The van der Waals surface area contributed by atoms with Gasteiger partial charge in [0.15, 0.2) is 0 Å². The number of halogens is 1. The number of aliphatic carboxylic acids is 1. The monoisotopic (exact) mass is 122 g/mol. The van der Waals surface area contributed by atoms with Gasteiger partial charge in [-0.3, -0.25) is 4.70 Å². The molecule has 0 saturated carbocycles. The minimum Gasteiger partial charge on any atom is -0.478 e. The van der Waals surface area contributed by atoms with Crippen LogP contribution in [0.15, 0.2) is 12.2 Å². The molecule has 0 aromatic rings. The fraction of sp³-hybridized carbons (Fsp3) is 0.400. The number of hydrogen-bond donors (Lipinski definition) is 1. The van der Waals surface area contributed by atoms with E-state index in [2.05, 4.69) is 6.58 Å². The summed E-state index contributed by atoms with van der Waals surface area (Å²) >= 11 is 0. The molecule has 2 nitrogen and oxygen atoms in total. The third-order valence-electron chi connectivity index (χ3n) is 0.365. The largest absolute Gasteiger partial charge is 0.478 e. The highest BCUT2D eigenvalue weighted by Gasteiger charge is 1.90. The van der Waals surface area contributed by atoms with E-state index < -0.39 is 5.97 Å². The molecule has 3 heteroatoms. The lowest BCUT2D eigenvalue weighted by Gasteiger charge is -1.79. The van der Waals surface area contributed by atoms with Crippen LogP contribution in [0.2, 0.25) is 0 Å². The number of rotatable bonds is 1. The van der Waals surface area contributed by atoms with Crippen LogP contribution in [0.5, 0.6) is 0 Å². The third kappa shape index (κ3) is 8.94. The molecule has 0 unspecified atom stereocenters. The Morgan fingerprint density at radius 3 is 1.75 bits per heavy atom. The summed E-state index contributed by atoms with van der Waals surface area (Å²) in [6, 6.07) is 0. The van der Waals surface area contributed by atoms with Crippen LogP contribution in [0.4, 0.5) is 4.70 Å². The highest BCUT2D eigenvalue weighted by atomic mass is 19.0. The lowest BCUT2D eigenvalue weighted by Crippen LogP contribution is -1.92. The molecule has 8 heavy (non-hydrogen) atoms. The van der Waals surface area contributed by atoms with Crippen LogP contribution in [0.3, 0.4) is 0 Å². The van der Waals surface area contributed by atoms with Crippen molar-refractivity contribution in [2.75, 3.05) is 0 Å². The van der Waals surface area contributed by atoms with Crippen molar-refractivity contribution in [3.8, 4) is 0 Å². The third-order valence-corrected chi connectivity index (χ3v) is 0.365. The highest BCUT2D eigenvalue weighted by molar-refractivity contribution is 5.84. The molecule has 0 saturated heterocycles. The van der Waals surface area contributed by atoms with Crippen molar-refractivity contribution in [3.05, 3.63) is 12.2 Å². The molecule has 0 bridgehead atoms. The summed E-state index contributed by atoms with van der Waals surface area (Å²) in [6.07, 6.45) is 0. The zero-order chi connectivity index (χ0) is 5.15. The molecule has 0 radical (unpaired) electrons. The molecule has 0 rings (SSSR count). The van der Waals surface area contributed by atoms with Gasteiger partial charge in [-0.15, -0.1) is 0 Å². The predicted molar refractivity (Wildman–Crippen MR) is 31.7 cm³/mol. The van der Waals surface area contributed by atoms with Crippen molar-refractivity contribution in [1.29, 1.82) is 0 Å². The predicted octanol–water partition coefficient (Wildman–Crippen LogP) is 1.44. The van der Waals surface area contributed by atoms with Gasteiger partial charge in [0.1, 0.15) is 0 Å². The van der Waals surface area contributed by atoms with E-state index in [0.29, 0.717) is 0 Å². The van der Waals surface area contributed by atoms with Gasteiger partial charge in [0.2, 0.25) is 0 Å². The van der Waals surface area contributed by atoms with Crippen molar-refractivity contribution in [2.24, 2.45) is 0 Å². The Morgan fingerprint density at radius 1 is 1.62 bits per heavy atom. The Kier molecular flexibility index (Phi) is 12.1. The minimum absolute atomic E-state index is 0. The van der Waals surface area contributed by atoms with E-state index in [9.17, 15) is 4.79 Å². The average molecular weight is 122 g/mol. The van der Waals surface area contributed by atoms with E-state index in [1.807, 2.05) is 0 Å². The van der Waals surface area contributed by atoms with Gasteiger partial charge in [-0.05, 0) is 6.92 Å². The maximum Gasteiger partial charge on any atom is 0.330 e. The quantitative estimate of drug-likeness (QED) is 0.534. The van der Waals surface area contributed by atoms with E-state index in [-0.39, 0.29) is 17.7 Å². The molecule has 1 N–H and O–H groups in total. The highest BCUT2D eigenvalue weighted by Crippen LogP contribution is 1.81. The van der Waals surface area contributed by atoms with Gasteiger partial charge in [0.05, 0.1) is 0 Å². The van der Waals surface area contributed by atoms with E-state index in [4.69, 9.17) is 5.11 Å². The van der Waals surface area contributed by atoms with Gasteiger partial charge in [0, 0.05) is 5.57 Å². The lowest BCUT2D eigenvalue weighted by molar-refractivity contribution is -0.132. The molecule has 0 aliphatic heterocycles. The first-order valence-corrected chi connectivity index (χ1v) is 1.53. The van der Waals surface area contributed by atoms with E-state index >= 15 is 0 Å². The molecule has 0 atom stereocenters. The summed E-state index contributed by atoms with van der Waals surface area (Å²) in [6.45, 7) is 4.60. The normalized spacial score (nSPS) is 5.62. The van der Waals surface area contributed by atoms with Crippen LogP contribution in [-0.4, -0.2) is 11.1 Å². The minimum atomic E-state index is -0.935. The van der Waals surface area contributed by atoms with E-state index in [1.165, 1.54) is 6.92 Å². The summed E-state index contributed by atoms with van der Waals surface area (Å²) < 4.78 is 0. The SMILES string of the molecule is C.C=C(C)C(=O)O.F. The van der Waals surface area contributed by atoms with Crippen LogP contribution in [-0.2, 0) is 4.79 Å². The number of carboxylic acids is 1. The smallest absolute Gasteiger partial charge is 0.330 e. The first kappa shape index (κ1) is 15.7. The maximum atomic E-state index is 9.60. The Labute approximate surface area is 48.2 Å². The van der Waals surface area contributed by atoms with Crippen LogP contribution in [0.25, 0.3) is 0 Å². The zero-order valence-corrected chi connectivity index (χ0v) is 3.97. The van der Waals surface area contributed by atoms with Gasteiger partial charge >= 0.3 is 5.97 Å². The number of hydrogen-bond acceptors (Lipinski definition) is 1. The molecule has 0 aromatic heterocycles. The molecule has 0 aromatic carbocycles. The van der Waals surface area contributed by atoms with Crippen LogP contribution < -0.4 is 0 Å². The van der Waals surface area contributed by atoms with E-state index in [1.54, 1.807) is 0 Å². The van der Waals surface area contributed by atoms with Gasteiger partial charge in [-0.1, -0.05) is 14.0 Å². The Hall–Kier alpha value is -0.860. The standard InChI is InChI=1S/C4H6O2.CH4.FH/c1-3(2)4(5)6;;/h1H2,2H3,(H,5,6);1H4;1H. The van der Waals surface area contributed by atoms with Crippen LogP contribution >= 0.6 is 0 Å². The van der Waals surface area contributed by atoms with Gasteiger partial charge in [-0.25, -0.2) is 4.79 Å². The Morgan fingerprint density at radius 2 is 1.75 bits per heavy atom. The molecular formula is C5H11FO2. The molecule has 0 amide bonds. The maximum absolute atomic E-state index is 9.60. The molecule has 50 valence electrons. The Balaban J connectivity index is -0.000000125. The first-order chi connectivity index (χ1) is 2.64. The van der Waals surface area contributed by atoms with Crippen molar-refractivity contribution in [1.82, 2.24) is 0 Å². The first-order valence-electron chi connectivity index (χ1n) is 1.53. The summed E-state index contributed by atoms with van der Waals surface area (Å²) in [5.74, 6) is -0.935. The number of carboxylic acid groups (broad SMARTS) is 1. The van der Waals surface area contributed by atoms with Gasteiger partial charge < -0.3 is 5.11 Å². The summed E-state index contributed by atoms with van der Waals surface area (Å²) in [7, 11) is 0. The second-order valence-corrected chi connectivity index (χ2v) is 1.09. The fourth-order valence-electron chi connectivity index (χ4n) is 0. The zero-order valence-electron chi connectivity index (χ0n) is 3.97. The average Bonchev–Trinajstić information content (AvgIpc) is 1.36. The molecule has 0 aliphatic rings. The Bertz CT molecular complexity index is 76.4. The fourth-order valence-corrected chi connectivity index (χ4v) is 0. The van der Waals surface area contributed by atoms with Gasteiger partial charge in [0.25, 0.3) is 0 Å². The summed E-state index contributed by atoms with van der Waals surface area (Å²) in [5.41, 5.74) is 0.176. The molecule has 0 heterocycles. The van der Waals surface area contributed by atoms with Crippen molar-refractivity contribution in [2.45, 2.75) is 14.4 Å². The topological polar surface area (TPSA) is 37.3 Å². The van der Waals surface area contributed by atoms with Gasteiger partial charge in [-0.2, -0.15) is 0 Å². The lowest BCUT2D eigenvalue weighted by atomic mass is 10.4. The summed E-state index contributed by atoms with van der Waals surface area (Å²) in [5, 5.41) is 7.89. The van der Waals surface area contributed by atoms with Crippen molar-refractivity contribution < 1.29 is 14.6 Å². The van der Waals surface area contributed by atoms with Crippen LogP contribution in [0, 0.1) is 0 Å².